The molecule has 2 saturated heterocycles. The Morgan fingerprint density at radius 1 is 1.34 bits per heavy atom. The van der Waals surface area contributed by atoms with Gasteiger partial charge in [0.15, 0.2) is 5.96 Å². The molecule has 2 aliphatic rings. The summed E-state index contributed by atoms with van der Waals surface area (Å²) in [5, 5.41) is 3.40. The summed E-state index contributed by atoms with van der Waals surface area (Å²) in [6.07, 6.45) is 5.50. The first-order chi connectivity index (χ1) is 13.6. The molecule has 0 saturated carbocycles. The van der Waals surface area contributed by atoms with Gasteiger partial charge in [0.1, 0.15) is 5.76 Å². The number of likely N-dealkylation sites (tertiary alicyclic amines) is 2. The van der Waals surface area contributed by atoms with Crippen molar-refractivity contribution in [3.8, 4) is 0 Å². The third kappa shape index (κ3) is 6.10. The van der Waals surface area contributed by atoms with E-state index in [1.54, 1.807) is 6.26 Å². The normalized spacial score (nSPS) is 24.1. The second-order valence-corrected chi connectivity index (χ2v) is 7.83. The fraction of sp³-hybridized carbons (Fsp3) is 0.714. The Bertz CT molecular complexity index is 646. The molecule has 0 aliphatic carbocycles. The minimum absolute atomic E-state index is 0. The van der Waals surface area contributed by atoms with Gasteiger partial charge < -0.3 is 19.4 Å². The van der Waals surface area contributed by atoms with Crippen LogP contribution in [0.3, 0.4) is 0 Å². The highest BCUT2D eigenvalue weighted by Gasteiger charge is 2.37. The summed E-state index contributed by atoms with van der Waals surface area (Å²) in [6.45, 7) is 9.23. The molecule has 2 aliphatic heterocycles. The largest absolute Gasteiger partial charge is 0.469 e. The molecule has 3 heterocycles. The third-order valence-electron chi connectivity index (χ3n) is 5.87. The van der Waals surface area contributed by atoms with Crippen LogP contribution in [-0.2, 0) is 9.53 Å². The van der Waals surface area contributed by atoms with Crippen molar-refractivity contribution in [2.45, 2.75) is 39.2 Å². The van der Waals surface area contributed by atoms with Crippen LogP contribution in [0.2, 0.25) is 0 Å². The number of halogens is 1. The fourth-order valence-corrected chi connectivity index (χ4v) is 4.29. The zero-order valence-electron chi connectivity index (χ0n) is 17.8. The predicted molar refractivity (Wildman–Crippen MR) is 125 cm³/mol. The number of furan rings is 1. The molecule has 8 heteroatoms. The number of hydrogen-bond acceptors (Lipinski definition) is 5. The van der Waals surface area contributed by atoms with E-state index in [1.807, 2.05) is 12.1 Å². The van der Waals surface area contributed by atoms with Gasteiger partial charge in [-0.15, -0.1) is 24.0 Å². The van der Waals surface area contributed by atoms with E-state index >= 15 is 0 Å². The predicted octanol–water partition coefficient (Wildman–Crippen LogP) is 3.13. The van der Waals surface area contributed by atoms with E-state index in [4.69, 9.17) is 14.1 Å². The second-order valence-electron chi connectivity index (χ2n) is 7.83. The number of rotatable bonds is 6. The van der Waals surface area contributed by atoms with Crippen LogP contribution >= 0.6 is 24.0 Å². The standard InChI is InChI=1S/C21H34N4O3.HI/c1-4-22-21(25-14-16(2)17(15-25)20(26)27-3)23-13-18(19-9-8-12-28-19)24-10-6-5-7-11-24;/h8-9,12,16-18H,4-7,10-11,13-15H2,1-3H3,(H,22,23);1H. The Hall–Kier alpha value is -1.29. The van der Waals surface area contributed by atoms with Gasteiger partial charge in [-0.1, -0.05) is 13.3 Å². The van der Waals surface area contributed by atoms with Gasteiger partial charge in [-0.05, 0) is 50.9 Å². The van der Waals surface area contributed by atoms with Crippen LogP contribution in [0.4, 0.5) is 0 Å². The molecule has 0 radical (unpaired) electrons. The van der Waals surface area contributed by atoms with Crippen LogP contribution in [0.5, 0.6) is 0 Å². The lowest BCUT2D eigenvalue weighted by molar-refractivity contribution is -0.145. The average molecular weight is 518 g/mol. The zero-order valence-corrected chi connectivity index (χ0v) is 20.1. The van der Waals surface area contributed by atoms with E-state index in [-0.39, 0.29) is 47.8 Å². The van der Waals surface area contributed by atoms with Gasteiger partial charge in [-0.2, -0.15) is 0 Å². The molecule has 29 heavy (non-hydrogen) atoms. The number of nitrogens with zero attached hydrogens (tertiary/aromatic N) is 3. The summed E-state index contributed by atoms with van der Waals surface area (Å²) in [4.78, 5) is 21.7. The number of esters is 1. The van der Waals surface area contributed by atoms with Crippen molar-refractivity contribution in [1.82, 2.24) is 15.1 Å². The Morgan fingerprint density at radius 3 is 2.72 bits per heavy atom. The van der Waals surface area contributed by atoms with Crippen LogP contribution in [0, 0.1) is 11.8 Å². The Morgan fingerprint density at radius 2 is 2.10 bits per heavy atom. The van der Waals surface area contributed by atoms with E-state index in [9.17, 15) is 4.79 Å². The molecule has 1 aromatic rings. The molecule has 0 amide bonds. The molecular formula is C21H35IN4O3. The molecule has 164 valence electrons. The highest BCUT2D eigenvalue weighted by atomic mass is 127. The summed E-state index contributed by atoms with van der Waals surface area (Å²) in [6, 6.07) is 4.15. The monoisotopic (exact) mass is 518 g/mol. The van der Waals surface area contributed by atoms with E-state index in [1.165, 1.54) is 26.4 Å². The summed E-state index contributed by atoms with van der Waals surface area (Å²) >= 11 is 0. The van der Waals surface area contributed by atoms with Crippen LogP contribution in [0.25, 0.3) is 0 Å². The number of aliphatic imine (C=N–C) groups is 1. The van der Waals surface area contributed by atoms with Gasteiger partial charge in [-0.25, -0.2) is 0 Å². The van der Waals surface area contributed by atoms with Crippen molar-refractivity contribution in [2.75, 3.05) is 46.4 Å². The molecule has 3 atom stereocenters. The SMILES string of the molecule is CCNC(=NCC(c1ccco1)N1CCCCC1)N1CC(C)C(C(=O)OC)C1.I. The number of ether oxygens (including phenoxy) is 1. The molecule has 3 rings (SSSR count). The van der Waals surface area contributed by atoms with E-state index in [2.05, 4.69) is 29.0 Å². The Balaban J connectivity index is 0.00000300. The van der Waals surface area contributed by atoms with Crippen LogP contribution < -0.4 is 5.32 Å². The molecule has 7 nitrogen and oxygen atoms in total. The van der Waals surface area contributed by atoms with Crippen molar-refractivity contribution < 1.29 is 13.9 Å². The van der Waals surface area contributed by atoms with E-state index < -0.39 is 0 Å². The highest BCUT2D eigenvalue weighted by molar-refractivity contribution is 14.0. The summed E-state index contributed by atoms with van der Waals surface area (Å²) in [5.74, 6) is 1.86. The molecule has 0 bridgehead atoms. The quantitative estimate of drug-likeness (QED) is 0.270. The maximum absolute atomic E-state index is 12.1. The molecule has 2 fully saturated rings. The maximum Gasteiger partial charge on any atom is 0.310 e. The lowest BCUT2D eigenvalue weighted by Gasteiger charge is -2.33. The zero-order chi connectivity index (χ0) is 19.9. The number of carbonyl (C=O) groups excluding carboxylic acids is 1. The van der Waals surface area contributed by atoms with Crippen LogP contribution in [0.15, 0.2) is 27.8 Å². The number of methoxy groups -OCH3 is 1. The highest BCUT2D eigenvalue weighted by Crippen LogP contribution is 2.27. The fourth-order valence-electron chi connectivity index (χ4n) is 4.29. The Labute approximate surface area is 191 Å². The minimum atomic E-state index is -0.132. The van der Waals surface area contributed by atoms with Gasteiger partial charge in [0, 0.05) is 19.6 Å². The van der Waals surface area contributed by atoms with E-state index in [0.29, 0.717) is 13.1 Å². The van der Waals surface area contributed by atoms with Crippen LogP contribution in [0.1, 0.15) is 44.9 Å². The molecule has 1 aromatic heterocycles. The van der Waals surface area contributed by atoms with Crippen LogP contribution in [-0.4, -0.2) is 68.1 Å². The summed E-state index contributed by atoms with van der Waals surface area (Å²) < 4.78 is 10.7. The van der Waals surface area contributed by atoms with Gasteiger partial charge in [0.05, 0.1) is 31.9 Å². The first kappa shape index (κ1) is 24.0. The number of carbonyl (C=O) groups is 1. The van der Waals surface area contributed by atoms with E-state index in [0.717, 1.165) is 37.9 Å². The molecule has 0 spiro atoms. The lowest BCUT2D eigenvalue weighted by Crippen LogP contribution is -2.42. The number of nitrogens with one attached hydrogen (secondary N) is 1. The average Bonchev–Trinajstić information content (AvgIpc) is 3.37. The van der Waals surface area contributed by atoms with Crippen molar-refractivity contribution in [1.29, 1.82) is 0 Å². The first-order valence-electron chi connectivity index (χ1n) is 10.5. The smallest absolute Gasteiger partial charge is 0.310 e. The molecule has 1 N–H and O–H groups in total. The number of guanidine groups is 1. The molecular weight excluding hydrogens is 483 g/mol. The van der Waals surface area contributed by atoms with Crippen molar-refractivity contribution >= 4 is 35.9 Å². The topological polar surface area (TPSA) is 70.3 Å². The molecule has 0 aromatic carbocycles. The van der Waals surface area contributed by atoms with Gasteiger partial charge in [0.2, 0.25) is 0 Å². The van der Waals surface area contributed by atoms with Crippen molar-refractivity contribution in [3.63, 3.8) is 0 Å². The Kier molecular flexibility index (Phi) is 9.74. The first-order valence-corrected chi connectivity index (χ1v) is 10.5. The summed E-state index contributed by atoms with van der Waals surface area (Å²) in [7, 11) is 1.46. The molecule has 3 unspecified atom stereocenters. The van der Waals surface area contributed by atoms with Gasteiger partial charge in [0.25, 0.3) is 0 Å². The maximum atomic E-state index is 12.1. The summed E-state index contributed by atoms with van der Waals surface area (Å²) in [5.41, 5.74) is 0. The van der Waals surface area contributed by atoms with Gasteiger partial charge in [-0.3, -0.25) is 14.7 Å². The number of hydrogen-bond donors (Lipinski definition) is 1. The second kappa shape index (κ2) is 11.8. The van der Waals surface area contributed by atoms with Crippen molar-refractivity contribution in [2.24, 2.45) is 16.8 Å². The van der Waals surface area contributed by atoms with Gasteiger partial charge >= 0.3 is 5.97 Å². The third-order valence-corrected chi connectivity index (χ3v) is 5.87. The lowest BCUT2D eigenvalue weighted by atomic mass is 9.99. The number of piperidine rings is 1. The van der Waals surface area contributed by atoms with Crippen molar-refractivity contribution in [3.05, 3.63) is 24.2 Å². The minimum Gasteiger partial charge on any atom is -0.469 e.